The lowest BCUT2D eigenvalue weighted by Crippen LogP contribution is -2.30. The molecule has 0 aliphatic carbocycles. The summed E-state index contributed by atoms with van der Waals surface area (Å²) in [4.78, 5) is 0. The summed E-state index contributed by atoms with van der Waals surface area (Å²) in [7, 11) is 3.12. The molecule has 3 rings (SSSR count). The predicted molar refractivity (Wildman–Crippen MR) is 98.7 cm³/mol. The summed E-state index contributed by atoms with van der Waals surface area (Å²) in [5, 5.41) is 1.07. The van der Waals surface area contributed by atoms with E-state index in [4.69, 9.17) is 44.5 Å². The zero-order chi connectivity index (χ0) is 17.3. The van der Waals surface area contributed by atoms with Gasteiger partial charge in [0.2, 0.25) is 0 Å². The minimum absolute atomic E-state index is 0.0809. The third-order valence-electron chi connectivity index (χ3n) is 4.36. The first-order valence-electron chi connectivity index (χ1n) is 7.66. The smallest absolute Gasteiger partial charge is 0.181 e. The molecule has 0 radical (unpaired) electrons. The lowest BCUT2D eigenvalue weighted by Gasteiger charge is -2.34. The standard InChI is InChI=1S/C18H18Cl3NO2/c1-23-17-15(19)12-8-9-22(21)13(10-11-6-4-3-5-7-11)14(12)16(20)18(17)24-2/h3-7,13H,8-10H2,1-2H3. The van der Waals surface area contributed by atoms with Gasteiger partial charge in [0.15, 0.2) is 11.5 Å². The van der Waals surface area contributed by atoms with Crippen molar-refractivity contribution < 1.29 is 9.47 Å². The van der Waals surface area contributed by atoms with Gasteiger partial charge in [0.1, 0.15) is 0 Å². The average molecular weight is 387 g/mol. The Kier molecular flexibility index (Phi) is 5.46. The topological polar surface area (TPSA) is 21.7 Å². The highest BCUT2D eigenvalue weighted by Crippen LogP contribution is 2.51. The first-order valence-corrected chi connectivity index (χ1v) is 8.75. The molecule has 2 aromatic rings. The number of halogens is 3. The van der Waals surface area contributed by atoms with E-state index in [0.717, 1.165) is 17.5 Å². The van der Waals surface area contributed by atoms with E-state index >= 15 is 0 Å². The fraction of sp³-hybridized carbons (Fsp3) is 0.333. The SMILES string of the molecule is COc1c(Cl)c2c(c(Cl)c1OC)C(Cc1ccccc1)N(Cl)CC2. The van der Waals surface area contributed by atoms with Gasteiger partial charge in [0, 0.05) is 6.54 Å². The molecule has 0 saturated heterocycles. The van der Waals surface area contributed by atoms with Crippen molar-refractivity contribution >= 4 is 35.0 Å². The number of benzene rings is 2. The van der Waals surface area contributed by atoms with Crippen LogP contribution in [0.25, 0.3) is 0 Å². The highest BCUT2D eigenvalue weighted by atomic mass is 35.5. The summed E-state index contributed by atoms with van der Waals surface area (Å²) in [5.41, 5.74) is 3.09. The molecule has 0 fully saturated rings. The highest BCUT2D eigenvalue weighted by Gasteiger charge is 2.34. The Morgan fingerprint density at radius 2 is 1.67 bits per heavy atom. The van der Waals surface area contributed by atoms with Crippen molar-refractivity contribution in [2.45, 2.75) is 18.9 Å². The number of methoxy groups -OCH3 is 2. The van der Waals surface area contributed by atoms with Gasteiger partial charge in [-0.05, 0) is 41.3 Å². The molecule has 6 heteroatoms. The van der Waals surface area contributed by atoms with Crippen molar-refractivity contribution in [2.75, 3.05) is 20.8 Å². The number of nitrogens with zero attached hydrogens (tertiary/aromatic N) is 1. The zero-order valence-corrected chi connectivity index (χ0v) is 15.8. The van der Waals surface area contributed by atoms with E-state index in [-0.39, 0.29) is 6.04 Å². The molecule has 128 valence electrons. The molecule has 1 heterocycles. The third-order valence-corrected chi connectivity index (χ3v) is 5.54. The molecule has 1 unspecified atom stereocenters. The molecule has 0 aromatic heterocycles. The van der Waals surface area contributed by atoms with E-state index in [1.165, 1.54) is 5.56 Å². The van der Waals surface area contributed by atoms with E-state index < -0.39 is 0 Å². The van der Waals surface area contributed by atoms with Crippen LogP contribution >= 0.6 is 35.0 Å². The third kappa shape index (κ3) is 3.06. The Morgan fingerprint density at radius 1 is 1.04 bits per heavy atom. The molecule has 0 bridgehead atoms. The van der Waals surface area contributed by atoms with Crippen molar-refractivity contribution in [2.24, 2.45) is 0 Å². The molecule has 3 nitrogen and oxygen atoms in total. The fourth-order valence-corrected chi connectivity index (χ4v) is 4.23. The van der Waals surface area contributed by atoms with Crippen LogP contribution in [0.1, 0.15) is 22.7 Å². The Labute approximate surface area is 157 Å². The normalized spacial score (nSPS) is 17.5. The fourth-order valence-electron chi connectivity index (χ4n) is 3.22. The Balaban J connectivity index is 2.14. The molecular weight excluding hydrogens is 369 g/mol. The first kappa shape index (κ1) is 17.7. The maximum atomic E-state index is 6.66. The molecule has 24 heavy (non-hydrogen) atoms. The average Bonchev–Trinajstić information content (AvgIpc) is 2.60. The maximum absolute atomic E-state index is 6.66. The monoisotopic (exact) mass is 385 g/mol. The Hall–Kier alpha value is -1.13. The summed E-state index contributed by atoms with van der Waals surface area (Å²) < 4.78 is 12.6. The molecule has 0 saturated carbocycles. The largest absolute Gasteiger partial charge is 0.491 e. The second kappa shape index (κ2) is 7.40. The minimum atomic E-state index is -0.0809. The lowest BCUT2D eigenvalue weighted by molar-refractivity contribution is 0.317. The lowest BCUT2D eigenvalue weighted by atomic mass is 9.89. The van der Waals surface area contributed by atoms with Crippen molar-refractivity contribution in [1.29, 1.82) is 0 Å². The predicted octanol–water partition coefficient (Wildman–Crippen LogP) is 5.31. The van der Waals surface area contributed by atoms with Crippen molar-refractivity contribution in [3.8, 4) is 11.5 Å². The van der Waals surface area contributed by atoms with Gasteiger partial charge in [-0.15, -0.1) is 0 Å². The summed E-state index contributed by atoms with van der Waals surface area (Å²) in [5.74, 6) is 0.928. The van der Waals surface area contributed by atoms with E-state index in [1.807, 2.05) is 18.2 Å². The first-order chi connectivity index (χ1) is 11.6. The zero-order valence-electron chi connectivity index (χ0n) is 13.5. The van der Waals surface area contributed by atoms with Crippen LogP contribution < -0.4 is 9.47 Å². The summed E-state index contributed by atoms with van der Waals surface area (Å²) in [6.07, 6.45) is 1.45. The van der Waals surface area contributed by atoms with Gasteiger partial charge in [-0.3, -0.25) is 0 Å². The van der Waals surface area contributed by atoms with Crippen LogP contribution in [0.2, 0.25) is 10.0 Å². The van der Waals surface area contributed by atoms with Crippen LogP contribution in [0.4, 0.5) is 0 Å². The summed E-state index contributed by atoms with van der Waals surface area (Å²) in [6, 6.07) is 10.1. The Morgan fingerprint density at radius 3 is 2.29 bits per heavy atom. The molecule has 1 aliphatic rings. The van der Waals surface area contributed by atoms with Crippen molar-refractivity contribution in [1.82, 2.24) is 4.42 Å². The number of rotatable bonds is 4. The van der Waals surface area contributed by atoms with Gasteiger partial charge in [0.05, 0.1) is 30.3 Å². The summed E-state index contributed by atoms with van der Waals surface area (Å²) >= 11 is 19.7. The maximum Gasteiger partial charge on any atom is 0.181 e. The molecule has 0 spiro atoms. The quantitative estimate of drug-likeness (QED) is 0.665. The highest BCUT2D eigenvalue weighted by molar-refractivity contribution is 6.37. The van der Waals surface area contributed by atoms with Gasteiger partial charge >= 0.3 is 0 Å². The van der Waals surface area contributed by atoms with E-state index in [1.54, 1.807) is 18.6 Å². The van der Waals surface area contributed by atoms with E-state index in [0.29, 0.717) is 34.5 Å². The van der Waals surface area contributed by atoms with Crippen LogP contribution in [0.15, 0.2) is 30.3 Å². The van der Waals surface area contributed by atoms with Crippen LogP contribution in [-0.2, 0) is 12.8 Å². The van der Waals surface area contributed by atoms with E-state index in [9.17, 15) is 0 Å². The van der Waals surface area contributed by atoms with Gasteiger partial charge in [-0.25, -0.2) is 4.42 Å². The molecular formula is C18H18Cl3NO2. The van der Waals surface area contributed by atoms with Crippen molar-refractivity contribution in [3.05, 3.63) is 57.1 Å². The second-order valence-corrected chi connectivity index (χ2v) is 6.86. The van der Waals surface area contributed by atoms with Crippen molar-refractivity contribution in [3.63, 3.8) is 0 Å². The number of fused-ring (bicyclic) bond motifs is 1. The molecule has 1 aliphatic heterocycles. The van der Waals surface area contributed by atoms with Gasteiger partial charge in [-0.1, -0.05) is 53.5 Å². The number of ether oxygens (including phenoxy) is 2. The number of hydrogen-bond acceptors (Lipinski definition) is 3. The van der Waals surface area contributed by atoms with Crippen LogP contribution in [0.3, 0.4) is 0 Å². The molecule has 1 atom stereocenters. The summed E-state index contributed by atoms with van der Waals surface area (Å²) in [6.45, 7) is 0.692. The minimum Gasteiger partial charge on any atom is -0.491 e. The van der Waals surface area contributed by atoms with Crippen LogP contribution in [0, 0.1) is 0 Å². The second-order valence-electron chi connectivity index (χ2n) is 5.67. The number of hydrogen-bond donors (Lipinski definition) is 0. The Bertz CT molecular complexity index is 737. The van der Waals surface area contributed by atoms with Crippen LogP contribution in [-0.4, -0.2) is 25.2 Å². The van der Waals surface area contributed by atoms with Crippen LogP contribution in [0.5, 0.6) is 11.5 Å². The molecule has 0 N–H and O–H groups in total. The van der Waals surface area contributed by atoms with Gasteiger partial charge in [-0.2, -0.15) is 0 Å². The molecule has 0 amide bonds. The van der Waals surface area contributed by atoms with Gasteiger partial charge in [0.25, 0.3) is 0 Å². The van der Waals surface area contributed by atoms with E-state index in [2.05, 4.69) is 12.1 Å². The molecule has 2 aromatic carbocycles. The van der Waals surface area contributed by atoms with Gasteiger partial charge < -0.3 is 9.47 Å².